The van der Waals surface area contributed by atoms with Crippen LogP contribution in [0.4, 0.5) is 5.69 Å². The van der Waals surface area contributed by atoms with Crippen LogP contribution < -0.4 is 15.4 Å². The van der Waals surface area contributed by atoms with Crippen molar-refractivity contribution >= 4 is 44.9 Å². The van der Waals surface area contributed by atoms with Crippen LogP contribution in [0.3, 0.4) is 0 Å². The number of benzene rings is 2. The van der Waals surface area contributed by atoms with Crippen LogP contribution in [0.5, 0.6) is 5.75 Å². The second-order valence-electron chi connectivity index (χ2n) is 4.98. The summed E-state index contributed by atoms with van der Waals surface area (Å²) in [6, 6.07) is 14.3. The highest BCUT2D eigenvalue weighted by atomic mass is 79.9. The van der Waals surface area contributed by atoms with Crippen molar-refractivity contribution in [2.75, 3.05) is 25.1 Å². The minimum absolute atomic E-state index is 0.234. The molecule has 5 nitrogen and oxygen atoms in total. The first kappa shape index (κ1) is 19.4. The summed E-state index contributed by atoms with van der Waals surface area (Å²) in [7, 11) is 0. The summed E-state index contributed by atoms with van der Waals surface area (Å²) in [5.74, 6) is 0.482. The normalized spacial score (nSPS) is 10.2. The predicted octanol–water partition coefficient (Wildman–Crippen LogP) is 3.99. The van der Waals surface area contributed by atoms with Crippen molar-refractivity contribution in [2.24, 2.45) is 0 Å². The highest BCUT2D eigenvalue weighted by Crippen LogP contribution is 2.16. The molecule has 0 spiro atoms. The standard InChI is InChI=1S/C18H19BrN2O3S/c1-2-23-11-12-24-16-9-7-15(8-10-16)20-18(25)21-17(22)13-3-5-14(19)6-4-13/h3-10H,2,11-12H2,1H3,(H2,20,21,22,25). The second-order valence-corrected chi connectivity index (χ2v) is 6.31. The van der Waals surface area contributed by atoms with E-state index in [1.807, 2.05) is 31.2 Å². The average molecular weight is 423 g/mol. The minimum atomic E-state index is -0.263. The lowest BCUT2D eigenvalue weighted by atomic mass is 10.2. The van der Waals surface area contributed by atoms with Gasteiger partial charge in [-0.15, -0.1) is 0 Å². The molecule has 0 unspecified atom stereocenters. The van der Waals surface area contributed by atoms with Crippen molar-refractivity contribution in [2.45, 2.75) is 6.92 Å². The Labute approximate surface area is 160 Å². The Balaban J connectivity index is 1.81. The first-order chi connectivity index (χ1) is 12.1. The third-order valence-corrected chi connectivity index (χ3v) is 3.88. The van der Waals surface area contributed by atoms with Crippen LogP contribution in [0.2, 0.25) is 0 Å². The fourth-order valence-corrected chi connectivity index (χ4v) is 2.41. The molecule has 0 heterocycles. The Bertz CT molecular complexity index is 705. The monoisotopic (exact) mass is 422 g/mol. The molecule has 0 saturated heterocycles. The summed E-state index contributed by atoms with van der Waals surface area (Å²) in [6.45, 7) is 3.68. The van der Waals surface area contributed by atoms with Gasteiger partial charge >= 0.3 is 0 Å². The van der Waals surface area contributed by atoms with Gasteiger partial charge < -0.3 is 14.8 Å². The van der Waals surface area contributed by atoms with Crippen LogP contribution in [-0.2, 0) is 4.74 Å². The largest absolute Gasteiger partial charge is 0.491 e. The fraction of sp³-hybridized carbons (Fsp3) is 0.222. The number of thiocarbonyl (C=S) groups is 1. The van der Waals surface area contributed by atoms with Crippen molar-refractivity contribution in [3.05, 3.63) is 58.6 Å². The van der Waals surface area contributed by atoms with Gasteiger partial charge in [-0.3, -0.25) is 10.1 Å². The smallest absolute Gasteiger partial charge is 0.257 e. The number of carbonyl (C=O) groups excluding carboxylic acids is 1. The van der Waals surface area contributed by atoms with E-state index < -0.39 is 0 Å². The zero-order chi connectivity index (χ0) is 18.1. The van der Waals surface area contributed by atoms with Gasteiger partial charge in [0.25, 0.3) is 5.91 Å². The Morgan fingerprint density at radius 1 is 1.08 bits per heavy atom. The first-order valence-corrected chi connectivity index (χ1v) is 8.97. The first-order valence-electron chi connectivity index (χ1n) is 7.77. The number of amides is 1. The summed E-state index contributed by atoms with van der Waals surface area (Å²) in [5.41, 5.74) is 1.30. The van der Waals surface area contributed by atoms with E-state index in [1.165, 1.54) is 0 Å². The molecule has 0 aliphatic carbocycles. The van der Waals surface area contributed by atoms with Gasteiger partial charge in [0.15, 0.2) is 5.11 Å². The Hall–Kier alpha value is -1.96. The molecule has 0 aliphatic rings. The molecule has 0 aromatic heterocycles. The number of rotatable bonds is 7. The molecule has 0 saturated carbocycles. The number of halogens is 1. The maximum atomic E-state index is 12.1. The van der Waals surface area contributed by atoms with Crippen molar-refractivity contribution in [1.29, 1.82) is 0 Å². The zero-order valence-corrected chi connectivity index (χ0v) is 16.2. The number of hydrogen-bond acceptors (Lipinski definition) is 4. The molecule has 0 atom stereocenters. The van der Waals surface area contributed by atoms with E-state index in [2.05, 4.69) is 26.6 Å². The molecule has 0 radical (unpaired) electrons. The minimum Gasteiger partial charge on any atom is -0.491 e. The van der Waals surface area contributed by atoms with Crippen LogP contribution in [0.15, 0.2) is 53.0 Å². The highest BCUT2D eigenvalue weighted by Gasteiger charge is 2.07. The van der Waals surface area contributed by atoms with Crippen LogP contribution in [-0.4, -0.2) is 30.8 Å². The van der Waals surface area contributed by atoms with E-state index in [1.54, 1.807) is 24.3 Å². The molecule has 25 heavy (non-hydrogen) atoms. The van der Waals surface area contributed by atoms with Crippen LogP contribution in [0.25, 0.3) is 0 Å². The SMILES string of the molecule is CCOCCOc1ccc(NC(=S)NC(=O)c2ccc(Br)cc2)cc1. The molecule has 2 rings (SSSR count). The maximum absolute atomic E-state index is 12.1. The average Bonchev–Trinajstić information content (AvgIpc) is 2.60. The topological polar surface area (TPSA) is 59.6 Å². The predicted molar refractivity (Wildman–Crippen MR) is 106 cm³/mol. The van der Waals surface area contributed by atoms with E-state index >= 15 is 0 Å². The lowest BCUT2D eigenvalue weighted by Gasteiger charge is -2.11. The third kappa shape index (κ3) is 6.81. The molecule has 2 aromatic carbocycles. The summed E-state index contributed by atoms with van der Waals surface area (Å²) in [6.07, 6.45) is 0. The number of carbonyl (C=O) groups is 1. The molecule has 2 N–H and O–H groups in total. The maximum Gasteiger partial charge on any atom is 0.257 e. The molecule has 0 fully saturated rings. The van der Waals surface area contributed by atoms with Gasteiger partial charge in [0.05, 0.1) is 6.61 Å². The van der Waals surface area contributed by atoms with Crippen molar-refractivity contribution < 1.29 is 14.3 Å². The van der Waals surface area contributed by atoms with Gasteiger partial charge in [-0.2, -0.15) is 0 Å². The number of anilines is 1. The summed E-state index contributed by atoms with van der Waals surface area (Å²) in [4.78, 5) is 12.1. The van der Waals surface area contributed by atoms with Crippen LogP contribution in [0.1, 0.15) is 17.3 Å². The van der Waals surface area contributed by atoms with Gasteiger partial charge in [-0.05, 0) is 67.7 Å². The second kappa shape index (κ2) is 10.1. The van der Waals surface area contributed by atoms with Crippen molar-refractivity contribution in [3.63, 3.8) is 0 Å². The van der Waals surface area contributed by atoms with E-state index in [0.717, 1.165) is 15.9 Å². The van der Waals surface area contributed by atoms with Gasteiger partial charge in [0, 0.05) is 22.3 Å². The summed E-state index contributed by atoms with van der Waals surface area (Å²) < 4.78 is 11.7. The lowest BCUT2D eigenvalue weighted by molar-refractivity contribution is 0.0977. The Morgan fingerprint density at radius 2 is 1.76 bits per heavy atom. The summed E-state index contributed by atoms with van der Waals surface area (Å²) in [5, 5.41) is 5.85. The molecule has 1 amide bonds. The highest BCUT2D eigenvalue weighted by molar-refractivity contribution is 9.10. The molecular weight excluding hydrogens is 404 g/mol. The molecule has 132 valence electrons. The van der Waals surface area contributed by atoms with Gasteiger partial charge in [-0.1, -0.05) is 15.9 Å². The summed E-state index contributed by atoms with van der Waals surface area (Å²) >= 11 is 8.50. The van der Waals surface area contributed by atoms with E-state index in [0.29, 0.717) is 25.4 Å². The molecule has 7 heteroatoms. The van der Waals surface area contributed by atoms with Gasteiger partial charge in [-0.25, -0.2) is 0 Å². The fourth-order valence-electron chi connectivity index (χ4n) is 1.94. The van der Waals surface area contributed by atoms with E-state index in [-0.39, 0.29) is 11.0 Å². The molecular formula is C18H19BrN2O3S. The van der Waals surface area contributed by atoms with Gasteiger partial charge in [0.2, 0.25) is 0 Å². The number of ether oxygens (including phenoxy) is 2. The van der Waals surface area contributed by atoms with Crippen LogP contribution in [0, 0.1) is 0 Å². The van der Waals surface area contributed by atoms with Crippen molar-refractivity contribution in [1.82, 2.24) is 5.32 Å². The Morgan fingerprint density at radius 3 is 2.40 bits per heavy atom. The Kier molecular flexibility index (Phi) is 7.84. The quantitative estimate of drug-likeness (QED) is 0.521. The van der Waals surface area contributed by atoms with Crippen molar-refractivity contribution in [3.8, 4) is 5.75 Å². The van der Waals surface area contributed by atoms with E-state index in [9.17, 15) is 4.79 Å². The molecule has 0 bridgehead atoms. The van der Waals surface area contributed by atoms with E-state index in [4.69, 9.17) is 21.7 Å². The third-order valence-electron chi connectivity index (χ3n) is 3.15. The van der Waals surface area contributed by atoms with Gasteiger partial charge in [0.1, 0.15) is 12.4 Å². The molecule has 0 aliphatic heterocycles. The zero-order valence-electron chi connectivity index (χ0n) is 13.8. The number of nitrogens with one attached hydrogen (secondary N) is 2. The lowest BCUT2D eigenvalue weighted by Crippen LogP contribution is -2.34. The number of hydrogen-bond donors (Lipinski definition) is 2. The van der Waals surface area contributed by atoms with Crippen LogP contribution >= 0.6 is 28.1 Å². The molecule has 2 aromatic rings.